The molecule has 0 N–H and O–H groups in total. The van der Waals surface area contributed by atoms with Gasteiger partial charge in [-0.15, -0.1) is 11.6 Å². The Morgan fingerprint density at radius 2 is 2.00 bits per heavy atom. The molecule has 112 valence electrons. The van der Waals surface area contributed by atoms with Crippen LogP contribution in [0.15, 0.2) is 12.1 Å². The average molecular weight is 311 g/mol. The maximum atomic E-state index is 12.9. The number of hydrogen-bond donors (Lipinski definition) is 0. The van der Waals surface area contributed by atoms with Crippen molar-refractivity contribution in [2.75, 3.05) is 13.2 Å². The van der Waals surface area contributed by atoms with Crippen molar-refractivity contribution in [3.05, 3.63) is 28.8 Å². The predicted molar refractivity (Wildman–Crippen MR) is 67.9 cm³/mol. The summed E-state index contributed by atoms with van der Waals surface area (Å²) in [4.78, 5) is 11.1. The van der Waals surface area contributed by atoms with Crippen LogP contribution in [-0.4, -0.2) is 19.2 Å². The highest BCUT2D eigenvalue weighted by atomic mass is 35.5. The standard InChI is InChI=1S/C13H14ClF3O3/c1-3-19-12(18)7-20-9-4-8(2)10(6-14)11(5-9)13(15,16)17/h4-5H,3,6-7H2,1-2H3. The Bertz CT molecular complexity index is 486. The largest absolute Gasteiger partial charge is 0.482 e. The van der Waals surface area contributed by atoms with Crippen molar-refractivity contribution < 1.29 is 27.4 Å². The molecule has 0 saturated heterocycles. The van der Waals surface area contributed by atoms with Crippen molar-refractivity contribution in [3.63, 3.8) is 0 Å². The van der Waals surface area contributed by atoms with E-state index in [-0.39, 0.29) is 23.8 Å². The molecule has 0 aliphatic carbocycles. The molecule has 0 spiro atoms. The van der Waals surface area contributed by atoms with Crippen molar-refractivity contribution in [1.82, 2.24) is 0 Å². The first-order valence-electron chi connectivity index (χ1n) is 5.84. The van der Waals surface area contributed by atoms with Crippen molar-refractivity contribution in [1.29, 1.82) is 0 Å². The van der Waals surface area contributed by atoms with Gasteiger partial charge in [0, 0.05) is 5.88 Å². The first-order chi connectivity index (χ1) is 9.29. The Labute approximate surface area is 119 Å². The molecule has 0 aliphatic heterocycles. The number of rotatable bonds is 5. The SMILES string of the molecule is CCOC(=O)COc1cc(C)c(CCl)c(C(F)(F)F)c1. The molecule has 0 aliphatic rings. The predicted octanol–water partition coefficient (Wildman–Crippen LogP) is 3.69. The third kappa shape index (κ3) is 4.30. The van der Waals surface area contributed by atoms with Crippen LogP contribution in [0.2, 0.25) is 0 Å². The molecule has 3 nitrogen and oxygen atoms in total. The van der Waals surface area contributed by atoms with E-state index in [4.69, 9.17) is 16.3 Å². The van der Waals surface area contributed by atoms with Gasteiger partial charge in [0.2, 0.25) is 0 Å². The number of benzene rings is 1. The number of hydrogen-bond acceptors (Lipinski definition) is 3. The molecular weight excluding hydrogens is 297 g/mol. The number of halogens is 4. The third-order valence-corrected chi connectivity index (χ3v) is 2.81. The Morgan fingerprint density at radius 1 is 1.35 bits per heavy atom. The van der Waals surface area contributed by atoms with E-state index in [0.717, 1.165) is 6.07 Å². The van der Waals surface area contributed by atoms with Crippen molar-refractivity contribution >= 4 is 17.6 Å². The van der Waals surface area contributed by atoms with Gasteiger partial charge in [0.25, 0.3) is 0 Å². The molecular formula is C13H14ClF3O3. The number of alkyl halides is 4. The Hall–Kier alpha value is -1.43. The van der Waals surface area contributed by atoms with E-state index in [1.54, 1.807) is 6.92 Å². The third-order valence-electron chi connectivity index (χ3n) is 2.55. The molecule has 1 aromatic carbocycles. The molecule has 0 bridgehead atoms. The Morgan fingerprint density at radius 3 is 2.50 bits per heavy atom. The number of ether oxygens (including phenoxy) is 2. The summed E-state index contributed by atoms with van der Waals surface area (Å²) in [7, 11) is 0. The zero-order chi connectivity index (χ0) is 15.3. The lowest BCUT2D eigenvalue weighted by Gasteiger charge is -2.16. The van der Waals surface area contributed by atoms with E-state index in [2.05, 4.69) is 4.74 Å². The van der Waals surface area contributed by atoms with Gasteiger partial charge in [-0.1, -0.05) is 0 Å². The fourth-order valence-electron chi connectivity index (χ4n) is 1.64. The summed E-state index contributed by atoms with van der Waals surface area (Å²) in [6, 6.07) is 2.25. The van der Waals surface area contributed by atoms with E-state index in [1.807, 2.05) is 0 Å². The van der Waals surface area contributed by atoms with Crippen LogP contribution >= 0.6 is 11.6 Å². The van der Waals surface area contributed by atoms with E-state index in [0.29, 0.717) is 5.56 Å². The lowest BCUT2D eigenvalue weighted by Crippen LogP contribution is -2.16. The topological polar surface area (TPSA) is 35.5 Å². The molecule has 0 aromatic heterocycles. The Balaban J connectivity index is 3.00. The lowest BCUT2D eigenvalue weighted by molar-refractivity contribution is -0.145. The number of aryl methyl sites for hydroxylation is 1. The van der Waals surface area contributed by atoms with Crippen LogP contribution in [0.5, 0.6) is 5.75 Å². The Kier molecular flexibility index (Phi) is 5.68. The summed E-state index contributed by atoms with van der Waals surface area (Å²) in [5.41, 5.74) is -0.498. The molecule has 1 rings (SSSR count). The first kappa shape index (κ1) is 16.6. The summed E-state index contributed by atoms with van der Waals surface area (Å²) >= 11 is 5.55. The summed E-state index contributed by atoms with van der Waals surface area (Å²) < 4.78 is 48.4. The molecule has 0 saturated carbocycles. The van der Waals surface area contributed by atoms with Gasteiger partial charge in [-0.25, -0.2) is 4.79 Å². The van der Waals surface area contributed by atoms with Crippen LogP contribution in [0, 0.1) is 6.92 Å². The zero-order valence-corrected chi connectivity index (χ0v) is 11.8. The quantitative estimate of drug-likeness (QED) is 0.614. The number of carbonyl (C=O) groups excluding carboxylic acids is 1. The molecule has 0 heterocycles. The second-order valence-electron chi connectivity index (χ2n) is 3.99. The summed E-state index contributed by atoms with van der Waals surface area (Å²) in [6.45, 7) is 2.87. The minimum absolute atomic E-state index is 0.00245. The van der Waals surface area contributed by atoms with Crippen molar-refractivity contribution in [3.8, 4) is 5.75 Å². The van der Waals surface area contributed by atoms with Crippen molar-refractivity contribution in [2.24, 2.45) is 0 Å². The number of esters is 1. The fourth-order valence-corrected chi connectivity index (χ4v) is 2.00. The van der Waals surface area contributed by atoms with Gasteiger partial charge in [-0.3, -0.25) is 0 Å². The second-order valence-corrected chi connectivity index (χ2v) is 4.26. The van der Waals surface area contributed by atoms with Gasteiger partial charge in [-0.05, 0) is 37.1 Å². The van der Waals surface area contributed by atoms with Crippen LogP contribution in [0.25, 0.3) is 0 Å². The van der Waals surface area contributed by atoms with Gasteiger partial charge in [-0.2, -0.15) is 13.2 Å². The van der Waals surface area contributed by atoms with E-state index >= 15 is 0 Å². The van der Waals surface area contributed by atoms with Gasteiger partial charge < -0.3 is 9.47 Å². The normalized spacial score (nSPS) is 11.3. The molecule has 7 heteroatoms. The monoisotopic (exact) mass is 310 g/mol. The highest BCUT2D eigenvalue weighted by Gasteiger charge is 2.34. The minimum atomic E-state index is -4.53. The van der Waals surface area contributed by atoms with Gasteiger partial charge in [0.05, 0.1) is 12.2 Å². The van der Waals surface area contributed by atoms with Gasteiger partial charge in [0.1, 0.15) is 5.75 Å². The summed E-state index contributed by atoms with van der Waals surface area (Å²) in [6.07, 6.45) is -4.53. The van der Waals surface area contributed by atoms with E-state index < -0.39 is 24.3 Å². The highest BCUT2D eigenvalue weighted by Crippen LogP contribution is 2.36. The molecule has 0 fully saturated rings. The summed E-state index contributed by atoms with van der Waals surface area (Å²) in [5, 5.41) is 0. The highest BCUT2D eigenvalue weighted by molar-refractivity contribution is 6.17. The first-order valence-corrected chi connectivity index (χ1v) is 6.38. The van der Waals surface area contributed by atoms with Crippen LogP contribution in [-0.2, 0) is 21.6 Å². The summed E-state index contributed by atoms with van der Waals surface area (Å²) in [5.74, 6) is -0.935. The zero-order valence-electron chi connectivity index (χ0n) is 11.0. The molecule has 0 radical (unpaired) electrons. The second kappa shape index (κ2) is 6.83. The fraction of sp³-hybridized carbons (Fsp3) is 0.462. The molecule has 0 atom stereocenters. The van der Waals surface area contributed by atoms with E-state index in [9.17, 15) is 18.0 Å². The lowest BCUT2D eigenvalue weighted by atomic mass is 10.0. The van der Waals surface area contributed by atoms with Crippen LogP contribution < -0.4 is 4.74 Å². The smallest absolute Gasteiger partial charge is 0.416 e. The van der Waals surface area contributed by atoms with Crippen LogP contribution in [0.1, 0.15) is 23.6 Å². The minimum Gasteiger partial charge on any atom is -0.482 e. The van der Waals surface area contributed by atoms with Gasteiger partial charge in [0.15, 0.2) is 6.61 Å². The van der Waals surface area contributed by atoms with Crippen LogP contribution in [0.4, 0.5) is 13.2 Å². The van der Waals surface area contributed by atoms with E-state index in [1.165, 1.54) is 13.0 Å². The maximum absolute atomic E-state index is 12.9. The van der Waals surface area contributed by atoms with Crippen LogP contribution in [0.3, 0.4) is 0 Å². The van der Waals surface area contributed by atoms with Gasteiger partial charge >= 0.3 is 12.1 Å². The molecule has 20 heavy (non-hydrogen) atoms. The van der Waals surface area contributed by atoms with Crippen molar-refractivity contribution in [2.45, 2.75) is 25.9 Å². The number of carbonyl (C=O) groups is 1. The molecule has 0 unspecified atom stereocenters. The average Bonchev–Trinajstić information content (AvgIpc) is 2.35. The molecule has 0 amide bonds. The maximum Gasteiger partial charge on any atom is 0.416 e. The molecule has 1 aromatic rings.